The van der Waals surface area contributed by atoms with Crippen molar-refractivity contribution in [2.24, 2.45) is 5.41 Å². The van der Waals surface area contributed by atoms with Crippen molar-refractivity contribution in [2.75, 3.05) is 6.61 Å². The van der Waals surface area contributed by atoms with Crippen LogP contribution >= 0.6 is 0 Å². The molecule has 4 nitrogen and oxygen atoms in total. The van der Waals surface area contributed by atoms with Gasteiger partial charge in [-0.15, -0.1) is 0 Å². The Morgan fingerprint density at radius 1 is 0.926 bits per heavy atom. The first-order valence-electron chi connectivity index (χ1n) is 8.33. The van der Waals surface area contributed by atoms with Gasteiger partial charge >= 0.3 is 12.1 Å². The van der Waals surface area contributed by atoms with Crippen LogP contribution in [0, 0.1) is 5.41 Å². The minimum absolute atomic E-state index is 0.144. The van der Waals surface area contributed by atoms with Crippen LogP contribution in [0.1, 0.15) is 31.4 Å². The third-order valence-corrected chi connectivity index (χ3v) is 4.09. The van der Waals surface area contributed by atoms with Crippen LogP contribution in [0.15, 0.2) is 48.5 Å². The quantitative estimate of drug-likeness (QED) is 0.685. The van der Waals surface area contributed by atoms with Crippen LogP contribution in [0.25, 0.3) is 0 Å². The SMILES string of the molecule is CC(C)(CCOc1ccc(OCc2ccc(C(F)(F)F)cc2)cc1)C(=O)O. The van der Waals surface area contributed by atoms with Crippen LogP contribution < -0.4 is 9.47 Å². The molecule has 1 N–H and O–H groups in total. The number of carboxylic acids is 1. The number of carbonyl (C=O) groups is 1. The van der Waals surface area contributed by atoms with Gasteiger partial charge in [-0.1, -0.05) is 12.1 Å². The molecule has 27 heavy (non-hydrogen) atoms. The summed E-state index contributed by atoms with van der Waals surface area (Å²) in [6.45, 7) is 3.68. The Bertz CT molecular complexity index is 750. The number of halogens is 3. The van der Waals surface area contributed by atoms with Gasteiger partial charge in [-0.2, -0.15) is 13.2 Å². The van der Waals surface area contributed by atoms with Crippen molar-refractivity contribution >= 4 is 5.97 Å². The van der Waals surface area contributed by atoms with Gasteiger partial charge < -0.3 is 14.6 Å². The molecule has 0 aromatic heterocycles. The van der Waals surface area contributed by atoms with Crippen molar-refractivity contribution in [3.63, 3.8) is 0 Å². The summed E-state index contributed by atoms with van der Waals surface area (Å²) in [6, 6.07) is 11.5. The highest BCUT2D eigenvalue weighted by molar-refractivity contribution is 5.73. The van der Waals surface area contributed by atoms with E-state index in [1.165, 1.54) is 12.1 Å². The maximum atomic E-state index is 12.5. The molecule has 0 heterocycles. The summed E-state index contributed by atoms with van der Waals surface area (Å²) in [5.41, 5.74) is -0.928. The topological polar surface area (TPSA) is 55.8 Å². The normalized spacial score (nSPS) is 11.9. The summed E-state index contributed by atoms with van der Waals surface area (Å²) in [6.07, 6.45) is -3.98. The molecule has 0 aliphatic rings. The van der Waals surface area contributed by atoms with Crippen LogP contribution in [-0.2, 0) is 17.6 Å². The molecule has 146 valence electrons. The van der Waals surface area contributed by atoms with Crippen molar-refractivity contribution in [1.82, 2.24) is 0 Å². The minimum atomic E-state index is -4.35. The van der Waals surface area contributed by atoms with E-state index in [1.54, 1.807) is 38.1 Å². The molecular weight excluding hydrogens is 361 g/mol. The van der Waals surface area contributed by atoms with Gasteiger partial charge in [-0.25, -0.2) is 0 Å². The van der Waals surface area contributed by atoms with E-state index in [0.29, 0.717) is 23.5 Å². The third-order valence-electron chi connectivity index (χ3n) is 4.09. The first-order valence-corrected chi connectivity index (χ1v) is 8.33. The number of benzene rings is 2. The van der Waals surface area contributed by atoms with Gasteiger partial charge in [0, 0.05) is 0 Å². The molecule has 2 aromatic rings. The molecule has 0 saturated heterocycles. The largest absolute Gasteiger partial charge is 0.494 e. The first kappa shape index (κ1) is 20.6. The summed E-state index contributed by atoms with van der Waals surface area (Å²) in [5.74, 6) is 0.254. The molecule has 0 spiro atoms. The fraction of sp³-hybridized carbons (Fsp3) is 0.350. The van der Waals surface area contributed by atoms with E-state index in [1.807, 2.05) is 0 Å². The van der Waals surface area contributed by atoms with Crippen molar-refractivity contribution < 1.29 is 32.5 Å². The molecule has 0 atom stereocenters. The van der Waals surface area contributed by atoms with Crippen LogP contribution in [0.4, 0.5) is 13.2 Å². The van der Waals surface area contributed by atoms with Gasteiger partial charge in [-0.3, -0.25) is 4.79 Å². The van der Waals surface area contributed by atoms with E-state index < -0.39 is 23.1 Å². The van der Waals surface area contributed by atoms with Crippen LogP contribution in [0.2, 0.25) is 0 Å². The Hall–Kier alpha value is -2.70. The third kappa shape index (κ3) is 6.20. The maximum absolute atomic E-state index is 12.5. The number of hydrogen-bond acceptors (Lipinski definition) is 3. The monoisotopic (exact) mass is 382 g/mol. The maximum Gasteiger partial charge on any atom is 0.416 e. The predicted molar refractivity (Wildman–Crippen MR) is 93.7 cm³/mol. The standard InChI is InChI=1S/C20H21F3O4/c1-19(2,18(24)25)11-12-26-16-7-9-17(10-8-16)27-13-14-3-5-15(6-4-14)20(21,22)23/h3-10H,11-13H2,1-2H3,(H,24,25). The van der Waals surface area contributed by atoms with Crippen LogP contribution in [-0.4, -0.2) is 17.7 Å². The molecule has 2 aromatic carbocycles. The number of aliphatic carboxylic acids is 1. The Balaban J connectivity index is 1.83. The van der Waals surface area contributed by atoms with E-state index >= 15 is 0 Å². The zero-order valence-electron chi connectivity index (χ0n) is 15.0. The fourth-order valence-electron chi connectivity index (χ4n) is 2.12. The van der Waals surface area contributed by atoms with Crippen LogP contribution in [0.3, 0.4) is 0 Å². The number of alkyl halides is 3. The number of carboxylic acid groups (broad SMARTS) is 1. The van der Waals surface area contributed by atoms with Gasteiger partial charge in [0.05, 0.1) is 17.6 Å². The van der Waals surface area contributed by atoms with Crippen molar-refractivity contribution in [3.8, 4) is 11.5 Å². The zero-order valence-corrected chi connectivity index (χ0v) is 15.0. The van der Waals surface area contributed by atoms with Crippen molar-refractivity contribution in [2.45, 2.75) is 33.1 Å². The van der Waals surface area contributed by atoms with E-state index in [9.17, 15) is 18.0 Å². The Kier molecular flexibility index (Phi) is 6.36. The molecule has 0 aliphatic heterocycles. The van der Waals surface area contributed by atoms with Gasteiger partial charge in [-0.05, 0) is 62.2 Å². The molecular formula is C20H21F3O4. The summed E-state index contributed by atoms with van der Waals surface area (Å²) in [5, 5.41) is 9.05. The summed E-state index contributed by atoms with van der Waals surface area (Å²) in [7, 11) is 0. The summed E-state index contributed by atoms with van der Waals surface area (Å²) in [4.78, 5) is 11.0. The van der Waals surface area contributed by atoms with Crippen molar-refractivity contribution in [1.29, 1.82) is 0 Å². The average Bonchev–Trinajstić information content (AvgIpc) is 2.60. The summed E-state index contributed by atoms with van der Waals surface area (Å²) >= 11 is 0. The molecule has 0 aliphatic carbocycles. The molecule has 0 fully saturated rings. The molecule has 0 amide bonds. The van der Waals surface area contributed by atoms with Gasteiger partial charge in [0.1, 0.15) is 18.1 Å². The highest BCUT2D eigenvalue weighted by Crippen LogP contribution is 2.29. The molecule has 7 heteroatoms. The summed E-state index contributed by atoms with van der Waals surface area (Å²) < 4.78 is 48.7. The zero-order chi connectivity index (χ0) is 20.1. The second-order valence-electron chi connectivity index (χ2n) is 6.74. The highest BCUT2D eigenvalue weighted by atomic mass is 19.4. The molecule has 0 bridgehead atoms. The second kappa shape index (κ2) is 8.33. The van der Waals surface area contributed by atoms with Gasteiger partial charge in [0.25, 0.3) is 0 Å². The number of rotatable bonds is 8. The highest BCUT2D eigenvalue weighted by Gasteiger charge is 2.30. The van der Waals surface area contributed by atoms with Gasteiger partial charge in [0.2, 0.25) is 0 Å². The van der Waals surface area contributed by atoms with Crippen molar-refractivity contribution in [3.05, 3.63) is 59.7 Å². The number of ether oxygens (including phenoxy) is 2. The van der Waals surface area contributed by atoms with Crippen LogP contribution in [0.5, 0.6) is 11.5 Å². The molecule has 2 rings (SSSR count). The smallest absolute Gasteiger partial charge is 0.416 e. The molecule has 0 saturated carbocycles. The lowest BCUT2D eigenvalue weighted by Crippen LogP contribution is -2.25. The van der Waals surface area contributed by atoms with E-state index in [0.717, 1.165) is 12.1 Å². The minimum Gasteiger partial charge on any atom is -0.494 e. The lowest BCUT2D eigenvalue weighted by molar-refractivity contribution is -0.147. The second-order valence-corrected chi connectivity index (χ2v) is 6.74. The van der Waals surface area contributed by atoms with Gasteiger partial charge in [0.15, 0.2) is 0 Å². The van der Waals surface area contributed by atoms with E-state index in [2.05, 4.69) is 0 Å². The lowest BCUT2D eigenvalue weighted by atomic mass is 9.90. The van der Waals surface area contributed by atoms with E-state index in [-0.39, 0.29) is 13.2 Å². The predicted octanol–water partition coefficient (Wildman–Crippen LogP) is 5.16. The Morgan fingerprint density at radius 3 is 1.93 bits per heavy atom. The van der Waals surface area contributed by atoms with E-state index in [4.69, 9.17) is 14.6 Å². The Labute approximate surface area is 155 Å². The fourth-order valence-corrected chi connectivity index (χ4v) is 2.12. The number of hydrogen-bond donors (Lipinski definition) is 1. The lowest BCUT2D eigenvalue weighted by Gasteiger charge is -2.19. The molecule has 0 unspecified atom stereocenters. The average molecular weight is 382 g/mol. The Morgan fingerprint density at radius 2 is 1.44 bits per heavy atom. The molecule has 0 radical (unpaired) electrons. The first-order chi connectivity index (χ1) is 12.6.